The molecule has 0 fully saturated rings. The summed E-state index contributed by atoms with van der Waals surface area (Å²) in [6.07, 6.45) is 0. The number of nitrogens with one attached hydrogen (secondary N) is 1. The summed E-state index contributed by atoms with van der Waals surface area (Å²) in [5, 5.41) is 1.30. The molecule has 2 aromatic heterocycles. The van der Waals surface area contributed by atoms with Crippen molar-refractivity contribution in [2.75, 3.05) is 19.6 Å². The van der Waals surface area contributed by atoms with E-state index < -0.39 is 0 Å². The lowest BCUT2D eigenvalue weighted by Gasteiger charge is -2.14. The SMILES string of the molecule is COc1cc2nc(NN)n(-c3ccc(-c4nc5ccc(C)cc5s4)cc3)c(=O)c2cc1OC. The molecule has 33 heavy (non-hydrogen) atoms. The highest BCUT2D eigenvalue weighted by molar-refractivity contribution is 7.21. The molecule has 2 heterocycles. The Labute approximate surface area is 193 Å². The monoisotopic (exact) mass is 459 g/mol. The van der Waals surface area contributed by atoms with Crippen LogP contribution in [-0.4, -0.2) is 28.8 Å². The number of methoxy groups -OCH3 is 2. The number of hydrogen-bond donors (Lipinski definition) is 2. The van der Waals surface area contributed by atoms with Crippen LogP contribution in [-0.2, 0) is 0 Å². The summed E-state index contributed by atoms with van der Waals surface area (Å²) < 4.78 is 13.2. The van der Waals surface area contributed by atoms with Crippen LogP contribution in [0.1, 0.15) is 5.56 Å². The van der Waals surface area contributed by atoms with E-state index >= 15 is 0 Å². The highest BCUT2D eigenvalue weighted by Crippen LogP contribution is 2.33. The van der Waals surface area contributed by atoms with Gasteiger partial charge in [-0.3, -0.25) is 10.2 Å². The Morgan fingerprint density at radius 3 is 2.36 bits per heavy atom. The normalized spacial score (nSPS) is 11.2. The fourth-order valence-corrected chi connectivity index (χ4v) is 4.83. The fourth-order valence-electron chi connectivity index (χ4n) is 3.76. The minimum absolute atomic E-state index is 0.211. The number of fused-ring (bicyclic) bond motifs is 2. The van der Waals surface area contributed by atoms with Crippen molar-refractivity contribution in [3.05, 3.63) is 70.5 Å². The van der Waals surface area contributed by atoms with E-state index in [0.717, 1.165) is 20.8 Å². The third-order valence-corrected chi connectivity index (χ3v) is 6.49. The maximum Gasteiger partial charge on any atom is 0.267 e. The van der Waals surface area contributed by atoms with E-state index in [4.69, 9.17) is 20.3 Å². The van der Waals surface area contributed by atoms with E-state index in [9.17, 15) is 4.79 Å². The summed E-state index contributed by atoms with van der Waals surface area (Å²) >= 11 is 1.64. The molecule has 0 unspecified atom stereocenters. The van der Waals surface area contributed by atoms with Crippen LogP contribution in [0.5, 0.6) is 11.5 Å². The van der Waals surface area contributed by atoms with Gasteiger partial charge in [-0.1, -0.05) is 6.07 Å². The molecule has 8 nitrogen and oxygen atoms in total. The summed E-state index contributed by atoms with van der Waals surface area (Å²) in [5.74, 6) is 6.85. The number of ether oxygens (including phenoxy) is 2. The number of nitrogens with zero attached hydrogens (tertiary/aromatic N) is 3. The minimum Gasteiger partial charge on any atom is -0.493 e. The molecule has 3 N–H and O–H groups in total. The molecular formula is C24H21N5O3S. The van der Waals surface area contributed by atoms with Crippen molar-refractivity contribution < 1.29 is 9.47 Å². The van der Waals surface area contributed by atoms with Crippen molar-refractivity contribution in [1.82, 2.24) is 14.5 Å². The molecule has 3 aromatic carbocycles. The second kappa shape index (κ2) is 8.19. The standard InChI is InChI=1S/C24H21N5O3S/c1-13-4-9-17-21(10-13)33-22(26-17)14-5-7-15(8-6-14)29-23(30)16-11-19(31-2)20(32-3)12-18(16)27-24(29)28-25/h4-12H,25H2,1-3H3,(H,27,28). The lowest BCUT2D eigenvalue weighted by Crippen LogP contribution is -2.26. The van der Waals surface area contributed by atoms with Gasteiger partial charge in [-0.15, -0.1) is 11.3 Å². The summed E-state index contributed by atoms with van der Waals surface area (Å²) in [6.45, 7) is 2.07. The molecule has 5 aromatic rings. The molecule has 166 valence electrons. The Morgan fingerprint density at radius 1 is 0.939 bits per heavy atom. The average Bonchev–Trinajstić information content (AvgIpc) is 3.26. The first kappa shape index (κ1) is 20.9. The lowest BCUT2D eigenvalue weighted by molar-refractivity contribution is 0.355. The molecule has 0 bridgehead atoms. The zero-order valence-electron chi connectivity index (χ0n) is 18.2. The molecule has 5 rings (SSSR count). The molecule has 0 aliphatic rings. The van der Waals surface area contributed by atoms with E-state index in [1.165, 1.54) is 24.4 Å². The number of benzene rings is 3. The zero-order chi connectivity index (χ0) is 23.1. The van der Waals surface area contributed by atoms with Gasteiger partial charge < -0.3 is 9.47 Å². The molecule has 0 aliphatic heterocycles. The predicted octanol–water partition coefficient (Wildman–Crippen LogP) is 4.27. The zero-order valence-corrected chi connectivity index (χ0v) is 19.1. The number of aryl methyl sites for hydroxylation is 1. The summed E-state index contributed by atoms with van der Waals surface area (Å²) in [5.41, 5.74) is 6.46. The number of aromatic nitrogens is 3. The average molecular weight is 460 g/mol. The first-order valence-corrected chi connectivity index (χ1v) is 11.0. The third kappa shape index (κ3) is 3.57. The van der Waals surface area contributed by atoms with Gasteiger partial charge in [0.2, 0.25) is 5.95 Å². The van der Waals surface area contributed by atoms with E-state index in [0.29, 0.717) is 28.1 Å². The number of anilines is 1. The van der Waals surface area contributed by atoms with E-state index in [2.05, 4.69) is 29.5 Å². The maximum atomic E-state index is 13.4. The molecule has 0 aliphatic carbocycles. The van der Waals surface area contributed by atoms with E-state index in [1.54, 1.807) is 23.5 Å². The van der Waals surface area contributed by atoms with Crippen molar-refractivity contribution in [2.45, 2.75) is 6.92 Å². The van der Waals surface area contributed by atoms with Gasteiger partial charge in [0.1, 0.15) is 5.01 Å². The third-order valence-electron chi connectivity index (χ3n) is 5.42. The molecule has 0 spiro atoms. The van der Waals surface area contributed by atoms with Gasteiger partial charge >= 0.3 is 0 Å². The van der Waals surface area contributed by atoms with Gasteiger partial charge in [0.15, 0.2) is 11.5 Å². The van der Waals surface area contributed by atoms with Gasteiger partial charge in [0.25, 0.3) is 5.56 Å². The molecule has 0 saturated heterocycles. The van der Waals surface area contributed by atoms with Crippen LogP contribution in [0.4, 0.5) is 5.95 Å². The summed E-state index contributed by atoms with van der Waals surface area (Å²) in [4.78, 5) is 22.6. The summed E-state index contributed by atoms with van der Waals surface area (Å²) in [6, 6.07) is 17.1. The van der Waals surface area contributed by atoms with Gasteiger partial charge in [-0.25, -0.2) is 20.4 Å². The Hall–Kier alpha value is -3.95. The highest BCUT2D eigenvalue weighted by atomic mass is 32.1. The number of nitrogen functional groups attached to an aromatic ring is 1. The Morgan fingerprint density at radius 2 is 1.67 bits per heavy atom. The van der Waals surface area contributed by atoms with Gasteiger partial charge in [-0.05, 0) is 55.0 Å². The number of thiazole rings is 1. The molecular weight excluding hydrogens is 438 g/mol. The van der Waals surface area contributed by atoms with Gasteiger partial charge in [0, 0.05) is 11.6 Å². The van der Waals surface area contributed by atoms with Crippen molar-refractivity contribution in [3.8, 4) is 27.8 Å². The number of hydrazine groups is 1. The summed E-state index contributed by atoms with van der Waals surface area (Å²) in [7, 11) is 3.05. The second-order valence-electron chi connectivity index (χ2n) is 7.48. The smallest absolute Gasteiger partial charge is 0.267 e. The van der Waals surface area contributed by atoms with Crippen molar-refractivity contribution in [1.29, 1.82) is 0 Å². The van der Waals surface area contributed by atoms with Gasteiger partial charge in [-0.2, -0.15) is 0 Å². The van der Waals surface area contributed by atoms with Crippen LogP contribution >= 0.6 is 11.3 Å². The highest BCUT2D eigenvalue weighted by Gasteiger charge is 2.16. The number of hydrogen-bond acceptors (Lipinski definition) is 8. The first-order valence-electron chi connectivity index (χ1n) is 10.2. The largest absolute Gasteiger partial charge is 0.493 e. The van der Waals surface area contributed by atoms with Crippen LogP contribution in [0.15, 0.2) is 59.4 Å². The van der Waals surface area contributed by atoms with Crippen LogP contribution in [0, 0.1) is 6.92 Å². The van der Waals surface area contributed by atoms with Gasteiger partial charge in [0.05, 0.1) is 41.0 Å². The fraction of sp³-hybridized carbons (Fsp3) is 0.125. The van der Waals surface area contributed by atoms with Crippen LogP contribution < -0.4 is 26.3 Å². The Bertz CT molecular complexity index is 1560. The number of nitrogens with two attached hydrogens (primary N) is 1. The molecule has 9 heteroatoms. The van der Waals surface area contributed by atoms with Crippen molar-refractivity contribution in [3.63, 3.8) is 0 Å². The molecule has 0 radical (unpaired) electrons. The lowest BCUT2D eigenvalue weighted by atomic mass is 10.2. The van der Waals surface area contributed by atoms with E-state index in [1.807, 2.05) is 30.3 Å². The Kier molecular flexibility index (Phi) is 5.20. The quantitative estimate of drug-likeness (QED) is 0.299. The van der Waals surface area contributed by atoms with Crippen LogP contribution in [0.3, 0.4) is 0 Å². The minimum atomic E-state index is -0.280. The predicted molar refractivity (Wildman–Crippen MR) is 132 cm³/mol. The Balaban J connectivity index is 1.62. The number of rotatable bonds is 5. The van der Waals surface area contributed by atoms with Crippen molar-refractivity contribution in [2.24, 2.45) is 5.84 Å². The molecule has 0 amide bonds. The molecule has 0 saturated carbocycles. The molecule has 0 atom stereocenters. The topological polar surface area (TPSA) is 104 Å². The maximum absolute atomic E-state index is 13.4. The van der Waals surface area contributed by atoms with Crippen molar-refractivity contribution >= 4 is 38.4 Å². The van der Waals surface area contributed by atoms with Crippen LogP contribution in [0.2, 0.25) is 0 Å². The van der Waals surface area contributed by atoms with E-state index in [-0.39, 0.29) is 11.5 Å². The van der Waals surface area contributed by atoms with Crippen LogP contribution in [0.25, 0.3) is 37.4 Å². The second-order valence-corrected chi connectivity index (χ2v) is 8.51. The first-order chi connectivity index (χ1) is 16.0.